The zero-order chi connectivity index (χ0) is 15.6. The Balaban J connectivity index is 1.90. The lowest BCUT2D eigenvalue weighted by atomic mass is 9.87. The molecule has 1 saturated heterocycles. The van der Waals surface area contributed by atoms with Crippen LogP contribution in [0.25, 0.3) is 0 Å². The molecule has 0 atom stereocenters. The van der Waals surface area contributed by atoms with Gasteiger partial charge in [-0.15, -0.1) is 0 Å². The second-order valence-corrected chi connectivity index (χ2v) is 5.31. The van der Waals surface area contributed by atoms with Crippen molar-refractivity contribution in [3.05, 3.63) is 48.3 Å². The predicted molar refractivity (Wildman–Crippen MR) is 77.3 cm³/mol. The van der Waals surface area contributed by atoms with Gasteiger partial charge < -0.3 is 10.6 Å². The lowest BCUT2D eigenvalue weighted by Crippen LogP contribution is -2.52. The Morgan fingerprint density at radius 3 is 2.73 bits per heavy atom. The third-order valence-corrected chi connectivity index (χ3v) is 3.98. The van der Waals surface area contributed by atoms with Gasteiger partial charge in [0.25, 0.3) is 5.91 Å². The van der Waals surface area contributed by atoms with Crippen LogP contribution in [0.15, 0.2) is 36.7 Å². The second kappa shape index (κ2) is 5.84. The number of carbonyl (C=O) groups excluding carboxylic acids is 1. The van der Waals surface area contributed by atoms with E-state index in [9.17, 15) is 13.6 Å². The first-order valence-corrected chi connectivity index (χ1v) is 7.09. The number of hydrogen-bond acceptors (Lipinski definition) is 3. The van der Waals surface area contributed by atoms with Gasteiger partial charge in [-0.2, -0.15) is 5.10 Å². The zero-order valence-electron chi connectivity index (χ0n) is 11.9. The topological polar surface area (TPSA) is 59.0 Å². The maximum atomic E-state index is 13.8. The van der Waals surface area contributed by atoms with E-state index in [0.717, 1.165) is 12.1 Å². The number of piperidine rings is 1. The van der Waals surface area contributed by atoms with E-state index >= 15 is 0 Å². The number of nitrogens with zero attached hydrogens (tertiary/aromatic N) is 2. The number of hydrogen-bond donors (Lipinski definition) is 2. The van der Waals surface area contributed by atoms with Gasteiger partial charge in [0, 0.05) is 18.5 Å². The molecule has 116 valence electrons. The zero-order valence-corrected chi connectivity index (χ0v) is 11.9. The molecular formula is C15H16F2N4O. The Labute approximate surface area is 126 Å². The predicted octanol–water partition coefficient (Wildman–Crippen LogP) is 1.88. The fourth-order valence-corrected chi connectivity index (χ4v) is 2.75. The first-order valence-electron chi connectivity index (χ1n) is 7.09. The maximum absolute atomic E-state index is 13.8. The van der Waals surface area contributed by atoms with E-state index in [2.05, 4.69) is 15.7 Å². The first kappa shape index (κ1) is 14.6. The van der Waals surface area contributed by atoms with Gasteiger partial charge in [0.1, 0.15) is 17.2 Å². The fourth-order valence-electron chi connectivity index (χ4n) is 2.75. The van der Waals surface area contributed by atoms with Crippen LogP contribution in [0.5, 0.6) is 0 Å². The summed E-state index contributed by atoms with van der Waals surface area (Å²) >= 11 is 0. The minimum Gasteiger partial charge on any atom is -0.321 e. The number of nitrogens with one attached hydrogen (secondary N) is 2. The molecule has 0 bridgehead atoms. The van der Waals surface area contributed by atoms with Gasteiger partial charge >= 0.3 is 0 Å². The van der Waals surface area contributed by atoms with Crippen molar-refractivity contribution in [3.63, 3.8) is 0 Å². The molecule has 1 fully saturated rings. The second-order valence-electron chi connectivity index (χ2n) is 5.31. The molecule has 1 aliphatic rings. The lowest BCUT2D eigenvalue weighted by Gasteiger charge is -2.36. The molecule has 7 heteroatoms. The summed E-state index contributed by atoms with van der Waals surface area (Å²) in [6.45, 7) is 1.33. The first-order chi connectivity index (χ1) is 10.6. The fraction of sp³-hybridized carbons (Fsp3) is 0.333. The Morgan fingerprint density at radius 2 is 2.09 bits per heavy atom. The van der Waals surface area contributed by atoms with Crippen molar-refractivity contribution in [2.75, 3.05) is 18.4 Å². The Hall–Kier alpha value is -2.28. The molecule has 1 aromatic carbocycles. The summed E-state index contributed by atoms with van der Waals surface area (Å²) in [4.78, 5) is 12.8. The summed E-state index contributed by atoms with van der Waals surface area (Å²) in [7, 11) is 0. The van der Waals surface area contributed by atoms with Crippen LogP contribution in [-0.2, 0) is 10.3 Å². The smallest absolute Gasteiger partial charge is 0.252 e. The van der Waals surface area contributed by atoms with Crippen LogP contribution in [0.1, 0.15) is 12.8 Å². The molecule has 0 aliphatic carbocycles. The van der Waals surface area contributed by atoms with Crippen molar-refractivity contribution in [2.45, 2.75) is 18.4 Å². The van der Waals surface area contributed by atoms with Crippen molar-refractivity contribution in [2.24, 2.45) is 0 Å². The molecule has 0 radical (unpaired) electrons. The van der Waals surface area contributed by atoms with Crippen LogP contribution in [0.3, 0.4) is 0 Å². The Morgan fingerprint density at radius 1 is 1.32 bits per heavy atom. The number of anilines is 1. The van der Waals surface area contributed by atoms with Gasteiger partial charge in [-0.25, -0.2) is 8.78 Å². The molecule has 2 N–H and O–H groups in total. The summed E-state index contributed by atoms with van der Waals surface area (Å²) in [6.07, 6.45) is 4.42. The maximum Gasteiger partial charge on any atom is 0.252 e. The molecule has 0 saturated carbocycles. The Bertz CT molecular complexity index is 666. The highest BCUT2D eigenvalue weighted by atomic mass is 19.1. The largest absolute Gasteiger partial charge is 0.321 e. The van der Waals surface area contributed by atoms with E-state index in [1.165, 1.54) is 6.07 Å². The molecule has 1 aliphatic heterocycles. The van der Waals surface area contributed by atoms with Crippen LogP contribution in [-0.4, -0.2) is 28.8 Å². The van der Waals surface area contributed by atoms with Crippen LogP contribution in [0.2, 0.25) is 0 Å². The third-order valence-electron chi connectivity index (χ3n) is 3.98. The van der Waals surface area contributed by atoms with E-state index in [1.807, 2.05) is 0 Å². The van der Waals surface area contributed by atoms with Gasteiger partial charge in [-0.3, -0.25) is 9.48 Å². The number of rotatable bonds is 3. The standard InChI is InChI=1S/C15H16F2N4O/c16-11-2-3-13(12(17)10-11)20-14(22)15(4-7-18-8-5-15)21-9-1-6-19-21/h1-3,6,9-10,18H,4-5,7-8H2,(H,20,22). The molecule has 0 spiro atoms. The molecule has 2 heterocycles. The van der Waals surface area contributed by atoms with Crippen molar-refractivity contribution >= 4 is 11.6 Å². The minimum atomic E-state index is -0.865. The minimum absolute atomic E-state index is 0.0311. The highest BCUT2D eigenvalue weighted by Crippen LogP contribution is 2.29. The van der Waals surface area contributed by atoms with Gasteiger partial charge in [0.15, 0.2) is 0 Å². The summed E-state index contributed by atoms with van der Waals surface area (Å²) in [6, 6.07) is 4.83. The van der Waals surface area contributed by atoms with E-state index in [4.69, 9.17) is 0 Å². The average Bonchev–Trinajstić information content (AvgIpc) is 3.05. The number of benzene rings is 1. The SMILES string of the molecule is O=C(Nc1ccc(F)cc1F)C1(n2cccn2)CCNCC1. The van der Waals surface area contributed by atoms with Crippen LogP contribution >= 0.6 is 0 Å². The molecule has 5 nitrogen and oxygen atoms in total. The summed E-state index contributed by atoms with van der Waals surface area (Å²) in [5.41, 5.74) is -0.897. The van der Waals surface area contributed by atoms with Crippen LogP contribution in [0, 0.1) is 11.6 Å². The number of amides is 1. The molecule has 2 aromatic rings. The van der Waals surface area contributed by atoms with Crippen molar-refractivity contribution in [1.82, 2.24) is 15.1 Å². The van der Waals surface area contributed by atoms with Gasteiger partial charge in [-0.05, 0) is 44.1 Å². The number of aromatic nitrogens is 2. The van der Waals surface area contributed by atoms with Crippen molar-refractivity contribution in [1.29, 1.82) is 0 Å². The normalized spacial score (nSPS) is 17.2. The molecule has 22 heavy (non-hydrogen) atoms. The third kappa shape index (κ3) is 2.59. The summed E-state index contributed by atoms with van der Waals surface area (Å²) < 4.78 is 28.3. The van der Waals surface area contributed by atoms with Gasteiger partial charge in [0.05, 0.1) is 5.69 Å². The monoisotopic (exact) mass is 306 g/mol. The van der Waals surface area contributed by atoms with E-state index in [1.54, 1.807) is 23.1 Å². The van der Waals surface area contributed by atoms with Gasteiger partial charge in [0.2, 0.25) is 0 Å². The highest BCUT2D eigenvalue weighted by Gasteiger charge is 2.42. The van der Waals surface area contributed by atoms with E-state index < -0.39 is 17.2 Å². The number of carbonyl (C=O) groups is 1. The van der Waals surface area contributed by atoms with E-state index in [-0.39, 0.29) is 11.6 Å². The van der Waals surface area contributed by atoms with Crippen LogP contribution in [0.4, 0.5) is 14.5 Å². The molecule has 3 rings (SSSR count). The highest BCUT2D eigenvalue weighted by molar-refractivity contribution is 5.96. The molecular weight excluding hydrogens is 290 g/mol. The molecule has 0 unspecified atom stereocenters. The molecule has 1 aromatic heterocycles. The summed E-state index contributed by atoms with van der Waals surface area (Å²) in [5.74, 6) is -1.82. The average molecular weight is 306 g/mol. The molecule has 1 amide bonds. The quantitative estimate of drug-likeness (QED) is 0.910. The van der Waals surface area contributed by atoms with Crippen molar-refractivity contribution in [3.8, 4) is 0 Å². The van der Waals surface area contributed by atoms with Crippen LogP contribution < -0.4 is 10.6 Å². The van der Waals surface area contributed by atoms with Gasteiger partial charge in [-0.1, -0.05) is 0 Å². The number of halogens is 2. The Kier molecular flexibility index (Phi) is 3.89. The van der Waals surface area contributed by atoms with Crippen molar-refractivity contribution < 1.29 is 13.6 Å². The lowest BCUT2D eigenvalue weighted by molar-refractivity contribution is -0.126. The summed E-state index contributed by atoms with van der Waals surface area (Å²) in [5, 5.41) is 9.95. The van der Waals surface area contributed by atoms with E-state index in [0.29, 0.717) is 25.9 Å².